The number of halogens is 2. The highest BCUT2D eigenvalue weighted by Gasteiger charge is 2.09. The summed E-state index contributed by atoms with van der Waals surface area (Å²) in [6.07, 6.45) is 1.30. The first-order chi connectivity index (χ1) is 7.66. The largest absolute Gasteiger partial charge is 0.321 e. The second kappa shape index (κ2) is 4.40. The Hall–Kier alpha value is -1.76. The number of benzene rings is 1. The van der Waals surface area contributed by atoms with Gasteiger partial charge in [-0.1, -0.05) is 0 Å². The van der Waals surface area contributed by atoms with Crippen LogP contribution in [0.3, 0.4) is 0 Å². The number of hydrogen-bond donors (Lipinski definition) is 2. The molecular weight excluding hydrogens is 279 g/mol. The van der Waals surface area contributed by atoms with Crippen LogP contribution in [0.15, 0.2) is 28.9 Å². The fourth-order valence-electron chi connectivity index (χ4n) is 1.08. The molecule has 0 atom stereocenters. The van der Waals surface area contributed by atoms with Crippen molar-refractivity contribution in [3.05, 3.63) is 40.4 Å². The predicted octanol–water partition coefficient (Wildman–Crippen LogP) is 1.96. The van der Waals surface area contributed by atoms with Crippen LogP contribution in [-0.4, -0.2) is 21.3 Å². The van der Waals surface area contributed by atoms with Crippen molar-refractivity contribution in [3.63, 3.8) is 0 Å². The minimum atomic E-state index is -0.410. The molecule has 0 radical (unpaired) electrons. The van der Waals surface area contributed by atoms with Gasteiger partial charge in [0.25, 0.3) is 5.91 Å². The fourth-order valence-corrected chi connectivity index (χ4v) is 1.46. The van der Waals surface area contributed by atoms with E-state index < -0.39 is 5.91 Å². The number of amides is 1. The van der Waals surface area contributed by atoms with Crippen LogP contribution in [0.1, 0.15) is 10.5 Å². The van der Waals surface area contributed by atoms with E-state index in [4.69, 9.17) is 0 Å². The van der Waals surface area contributed by atoms with Gasteiger partial charge in [0.05, 0.1) is 10.7 Å². The third-order valence-electron chi connectivity index (χ3n) is 1.83. The number of aromatic amines is 1. The van der Waals surface area contributed by atoms with Crippen molar-refractivity contribution >= 4 is 27.5 Å². The van der Waals surface area contributed by atoms with E-state index in [9.17, 15) is 9.18 Å². The van der Waals surface area contributed by atoms with Gasteiger partial charge >= 0.3 is 0 Å². The lowest BCUT2D eigenvalue weighted by atomic mass is 10.3. The second-order valence-corrected chi connectivity index (χ2v) is 3.79. The van der Waals surface area contributed by atoms with Gasteiger partial charge < -0.3 is 5.32 Å². The Labute approximate surface area is 98.2 Å². The summed E-state index contributed by atoms with van der Waals surface area (Å²) < 4.78 is 13.2. The van der Waals surface area contributed by atoms with Crippen LogP contribution in [-0.2, 0) is 0 Å². The van der Waals surface area contributed by atoms with Crippen LogP contribution in [0.25, 0.3) is 0 Å². The molecule has 0 unspecified atom stereocenters. The van der Waals surface area contributed by atoms with Crippen molar-refractivity contribution in [2.75, 3.05) is 5.32 Å². The summed E-state index contributed by atoms with van der Waals surface area (Å²) in [6, 6.07) is 4.17. The highest BCUT2D eigenvalue weighted by Crippen LogP contribution is 2.20. The standard InChI is InChI=1S/C9H6BrFN4O/c10-6-3-5(1-2-7(6)11)13-9(16)8-4-12-15-14-8/h1-4H,(H,13,16)(H,12,14,15). The predicted molar refractivity (Wildman–Crippen MR) is 58.4 cm³/mol. The van der Waals surface area contributed by atoms with E-state index in [0.717, 1.165) is 0 Å². The Balaban J connectivity index is 2.15. The Kier molecular flexibility index (Phi) is 2.95. The summed E-state index contributed by atoms with van der Waals surface area (Å²) in [4.78, 5) is 11.5. The van der Waals surface area contributed by atoms with E-state index in [1.165, 1.54) is 24.4 Å². The smallest absolute Gasteiger partial charge is 0.277 e. The molecule has 7 heteroatoms. The molecule has 0 spiro atoms. The average Bonchev–Trinajstić information content (AvgIpc) is 2.77. The third-order valence-corrected chi connectivity index (χ3v) is 2.43. The number of aromatic nitrogens is 3. The molecular formula is C9H6BrFN4O. The van der Waals surface area contributed by atoms with Gasteiger partial charge in [-0.25, -0.2) is 4.39 Å². The van der Waals surface area contributed by atoms with Crippen LogP contribution in [0.5, 0.6) is 0 Å². The van der Waals surface area contributed by atoms with Crippen molar-refractivity contribution < 1.29 is 9.18 Å². The van der Waals surface area contributed by atoms with Gasteiger partial charge in [0.2, 0.25) is 0 Å². The van der Waals surface area contributed by atoms with Crippen LogP contribution in [0.4, 0.5) is 10.1 Å². The van der Waals surface area contributed by atoms with E-state index >= 15 is 0 Å². The van der Waals surface area contributed by atoms with E-state index in [1.54, 1.807) is 0 Å². The molecule has 5 nitrogen and oxygen atoms in total. The molecule has 2 aromatic rings. The molecule has 0 saturated heterocycles. The van der Waals surface area contributed by atoms with Gasteiger partial charge in [0.15, 0.2) is 5.69 Å². The zero-order valence-electron chi connectivity index (χ0n) is 7.87. The number of nitrogens with one attached hydrogen (secondary N) is 2. The van der Waals surface area contributed by atoms with Gasteiger partial charge in [0.1, 0.15) is 5.82 Å². The summed E-state index contributed by atoms with van der Waals surface area (Å²) in [5, 5.41) is 12.0. The first-order valence-electron chi connectivity index (χ1n) is 4.29. The molecule has 0 aliphatic rings. The number of hydrogen-bond acceptors (Lipinski definition) is 3. The Morgan fingerprint density at radius 1 is 1.50 bits per heavy atom. The zero-order valence-corrected chi connectivity index (χ0v) is 9.45. The van der Waals surface area contributed by atoms with Crippen molar-refractivity contribution in [3.8, 4) is 0 Å². The van der Waals surface area contributed by atoms with Crippen molar-refractivity contribution in [2.45, 2.75) is 0 Å². The first-order valence-corrected chi connectivity index (χ1v) is 5.08. The maximum Gasteiger partial charge on any atom is 0.277 e. The number of rotatable bonds is 2. The quantitative estimate of drug-likeness (QED) is 0.886. The highest BCUT2D eigenvalue weighted by molar-refractivity contribution is 9.10. The second-order valence-electron chi connectivity index (χ2n) is 2.94. The summed E-state index contributed by atoms with van der Waals surface area (Å²) in [6.45, 7) is 0. The maximum atomic E-state index is 12.9. The molecule has 0 saturated carbocycles. The summed E-state index contributed by atoms with van der Waals surface area (Å²) >= 11 is 3.02. The van der Waals surface area contributed by atoms with E-state index in [0.29, 0.717) is 5.69 Å². The molecule has 16 heavy (non-hydrogen) atoms. The Morgan fingerprint density at radius 2 is 2.31 bits per heavy atom. The Morgan fingerprint density at radius 3 is 2.94 bits per heavy atom. The van der Waals surface area contributed by atoms with Crippen LogP contribution in [0.2, 0.25) is 0 Å². The normalized spacial score (nSPS) is 10.1. The van der Waals surface area contributed by atoms with Crippen molar-refractivity contribution in [1.82, 2.24) is 15.4 Å². The molecule has 0 bridgehead atoms. The minimum Gasteiger partial charge on any atom is -0.321 e. The number of anilines is 1. The lowest BCUT2D eigenvalue weighted by Crippen LogP contribution is -2.12. The highest BCUT2D eigenvalue weighted by atomic mass is 79.9. The van der Waals surface area contributed by atoms with Crippen LogP contribution >= 0.6 is 15.9 Å². The molecule has 1 heterocycles. The number of carbonyl (C=O) groups is 1. The minimum absolute atomic E-state index is 0.167. The van der Waals surface area contributed by atoms with E-state index in [1.807, 2.05) is 0 Å². The summed E-state index contributed by atoms with van der Waals surface area (Å²) in [5.41, 5.74) is 0.640. The van der Waals surface area contributed by atoms with Crippen LogP contribution < -0.4 is 5.32 Å². The number of carbonyl (C=O) groups excluding carboxylic acids is 1. The van der Waals surface area contributed by atoms with Crippen molar-refractivity contribution in [2.24, 2.45) is 0 Å². The third kappa shape index (κ3) is 2.25. The maximum absolute atomic E-state index is 12.9. The first kappa shape index (κ1) is 10.7. The van der Waals surface area contributed by atoms with Crippen LogP contribution in [0, 0.1) is 5.82 Å². The topological polar surface area (TPSA) is 70.7 Å². The lowest BCUT2D eigenvalue weighted by molar-refractivity contribution is 0.102. The molecule has 2 rings (SSSR count). The monoisotopic (exact) mass is 284 g/mol. The van der Waals surface area contributed by atoms with Gasteiger partial charge in [-0.2, -0.15) is 15.4 Å². The molecule has 0 fully saturated rings. The van der Waals surface area contributed by atoms with Crippen molar-refractivity contribution in [1.29, 1.82) is 0 Å². The Bertz CT molecular complexity index is 514. The lowest BCUT2D eigenvalue weighted by Gasteiger charge is -2.03. The molecule has 1 aromatic carbocycles. The SMILES string of the molecule is O=C(Nc1ccc(F)c(Br)c1)c1cn[nH]n1. The number of nitrogens with zero attached hydrogens (tertiary/aromatic N) is 2. The molecule has 0 aliphatic heterocycles. The molecule has 2 N–H and O–H groups in total. The van der Waals surface area contributed by atoms with E-state index in [2.05, 4.69) is 36.7 Å². The van der Waals surface area contributed by atoms with Gasteiger partial charge in [-0.05, 0) is 34.1 Å². The van der Waals surface area contributed by atoms with Gasteiger partial charge in [0, 0.05) is 5.69 Å². The zero-order chi connectivity index (χ0) is 11.5. The molecule has 1 aromatic heterocycles. The van der Waals surface area contributed by atoms with E-state index in [-0.39, 0.29) is 16.0 Å². The summed E-state index contributed by atoms with van der Waals surface area (Å²) in [5.74, 6) is -0.799. The average molecular weight is 285 g/mol. The summed E-state index contributed by atoms with van der Waals surface area (Å²) in [7, 11) is 0. The molecule has 0 aliphatic carbocycles. The fraction of sp³-hybridized carbons (Fsp3) is 0. The molecule has 82 valence electrons. The van der Waals surface area contributed by atoms with Gasteiger partial charge in [-0.15, -0.1) is 0 Å². The molecule has 1 amide bonds. The number of H-pyrrole nitrogens is 1. The van der Waals surface area contributed by atoms with Gasteiger partial charge in [-0.3, -0.25) is 4.79 Å².